The average molecular weight is 523 g/mol. The van der Waals surface area contributed by atoms with Crippen LogP contribution in [0.1, 0.15) is 55.3 Å². The molecule has 38 heavy (non-hydrogen) atoms. The van der Waals surface area contributed by atoms with Gasteiger partial charge in [0, 0.05) is 18.1 Å². The van der Waals surface area contributed by atoms with Crippen LogP contribution in [0.5, 0.6) is 17.2 Å². The monoisotopic (exact) mass is 522 g/mol. The molecule has 1 atom stereocenters. The van der Waals surface area contributed by atoms with Crippen molar-refractivity contribution in [1.29, 1.82) is 0 Å². The van der Waals surface area contributed by atoms with Crippen molar-refractivity contribution in [3.63, 3.8) is 0 Å². The third-order valence-electron chi connectivity index (χ3n) is 5.82. The van der Waals surface area contributed by atoms with Crippen molar-refractivity contribution in [2.75, 3.05) is 19.8 Å². The summed E-state index contributed by atoms with van der Waals surface area (Å²) in [5.74, 6) is 0.584. The smallest absolute Gasteiger partial charge is 0.343 e. The van der Waals surface area contributed by atoms with E-state index in [2.05, 4.69) is 13.2 Å². The molecule has 1 saturated heterocycles. The topological polar surface area (TPSA) is 97.4 Å². The second-order valence-corrected chi connectivity index (χ2v) is 8.85. The fourth-order valence-electron chi connectivity index (χ4n) is 3.72. The molecule has 8 nitrogen and oxygen atoms in total. The lowest BCUT2D eigenvalue weighted by molar-refractivity contribution is -0.139. The Hall–Kier alpha value is -4.07. The summed E-state index contributed by atoms with van der Waals surface area (Å²) in [6.45, 7) is 8.42. The summed E-state index contributed by atoms with van der Waals surface area (Å²) in [4.78, 5) is 34.8. The fourth-order valence-corrected chi connectivity index (χ4v) is 3.72. The maximum Gasteiger partial charge on any atom is 0.343 e. The summed E-state index contributed by atoms with van der Waals surface area (Å²) >= 11 is 0. The van der Waals surface area contributed by atoms with E-state index in [-0.39, 0.29) is 12.1 Å². The van der Waals surface area contributed by atoms with E-state index < -0.39 is 11.9 Å². The SMILES string of the molecule is C=CC(=O)OCCCCOc1ccc(OC(=O)c2ccc(OCCCCCC3CC(=C)C(=O)O3)cc2)cc1. The highest BCUT2D eigenvalue weighted by atomic mass is 16.6. The van der Waals surface area contributed by atoms with E-state index in [0.717, 1.165) is 38.2 Å². The van der Waals surface area contributed by atoms with Gasteiger partial charge in [-0.1, -0.05) is 13.2 Å². The number of esters is 3. The summed E-state index contributed by atoms with van der Waals surface area (Å²) in [6, 6.07) is 13.6. The molecule has 0 radical (unpaired) electrons. The Labute approximate surface area is 223 Å². The molecule has 3 rings (SSSR count). The summed E-state index contributed by atoms with van der Waals surface area (Å²) in [5, 5.41) is 0. The number of cyclic esters (lactones) is 1. The van der Waals surface area contributed by atoms with Gasteiger partial charge in [0.15, 0.2) is 0 Å². The minimum absolute atomic E-state index is 0.0345. The zero-order chi connectivity index (χ0) is 27.2. The van der Waals surface area contributed by atoms with Gasteiger partial charge in [-0.3, -0.25) is 0 Å². The second kappa shape index (κ2) is 15.2. The van der Waals surface area contributed by atoms with Crippen LogP contribution in [0.15, 0.2) is 73.3 Å². The normalized spacial score (nSPS) is 14.5. The molecule has 1 aliphatic heterocycles. The van der Waals surface area contributed by atoms with E-state index in [1.807, 2.05) is 0 Å². The number of rotatable bonds is 16. The van der Waals surface area contributed by atoms with E-state index in [0.29, 0.717) is 61.0 Å². The van der Waals surface area contributed by atoms with Crippen molar-refractivity contribution in [2.24, 2.45) is 0 Å². The van der Waals surface area contributed by atoms with E-state index in [4.69, 9.17) is 23.7 Å². The Morgan fingerprint density at radius 1 is 0.842 bits per heavy atom. The predicted octanol–water partition coefficient (Wildman–Crippen LogP) is 5.60. The molecule has 0 aliphatic carbocycles. The molecule has 1 aliphatic rings. The van der Waals surface area contributed by atoms with E-state index in [1.54, 1.807) is 48.5 Å². The molecule has 202 valence electrons. The van der Waals surface area contributed by atoms with Crippen LogP contribution in [0.3, 0.4) is 0 Å². The highest BCUT2D eigenvalue weighted by Crippen LogP contribution is 2.23. The Bertz CT molecular complexity index is 1070. The Kier molecular flexibility index (Phi) is 11.4. The molecule has 1 heterocycles. The molecular formula is C30H34O8. The van der Waals surface area contributed by atoms with Gasteiger partial charge in [0.25, 0.3) is 0 Å². The van der Waals surface area contributed by atoms with Gasteiger partial charge in [0.05, 0.1) is 25.4 Å². The van der Waals surface area contributed by atoms with Crippen LogP contribution in [0, 0.1) is 0 Å². The number of ether oxygens (including phenoxy) is 5. The van der Waals surface area contributed by atoms with Gasteiger partial charge in [-0.15, -0.1) is 0 Å². The molecule has 0 bridgehead atoms. The maximum absolute atomic E-state index is 12.5. The van der Waals surface area contributed by atoms with Crippen LogP contribution in [-0.2, 0) is 19.1 Å². The zero-order valence-corrected chi connectivity index (χ0v) is 21.5. The van der Waals surface area contributed by atoms with E-state index in [9.17, 15) is 14.4 Å². The molecule has 1 unspecified atom stereocenters. The summed E-state index contributed by atoms with van der Waals surface area (Å²) in [7, 11) is 0. The lowest BCUT2D eigenvalue weighted by Crippen LogP contribution is -2.08. The summed E-state index contributed by atoms with van der Waals surface area (Å²) in [6.07, 6.45) is 6.81. The lowest BCUT2D eigenvalue weighted by atomic mass is 10.1. The molecule has 0 spiro atoms. The Morgan fingerprint density at radius 2 is 1.42 bits per heavy atom. The largest absolute Gasteiger partial charge is 0.494 e. The summed E-state index contributed by atoms with van der Waals surface area (Å²) < 4.78 is 27.0. The highest BCUT2D eigenvalue weighted by Gasteiger charge is 2.26. The maximum atomic E-state index is 12.5. The van der Waals surface area contributed by atoms with Gasteiger partial charge < -0.3 is 23.7 Å². The molecule has 0 saturated carbocycles. The minimum atomic E-state index is -0.463. The first-order valence-electron chi connectivity index (χ1n) is 12.8. The average Bonchev–Trinajstić information content (AvgIpc) is 3.25. The summed E-state index contributed by atoms with van der Waals surface area (Å²) in [5.41, 5.74) is 0.978. The quantitative estimate of drug-likeness (QED) is 0.122. The molecule has 8 heteroatoms. The number of benzene rings is 2. The highest BCUT2D eigenvalue weighted by molar-refractivity contribution is 5.91. The lowest BCUT2D eigenvalue weighted by Gasteiger charge is -2.10. The van der Waals surface area contributed by atoms with Gasteiger partial charge >= 0.3 is 17.9 Å². The molecule has 2 aromatic carbocycles. The molecule has 1 fully saturated rings. The van der Waals surface area contributed by atoms with Crippen molar-refractivity contribution >= 4 is 17.9 Å². The second-order valence-electron chi connectivity index (χ2n) is 8.85. The molecule has 0 aromatic heterocycles. The zero-order valence-electron chi connectivity index (χ0n) is 21.5. The van der Waals surface area contributed by atoms with Gasteiger partial charge in [0.1, 0.15) is 23.4 Å². The van der Waals surface area contributed by atoms with Crippen LogP contribution in [0.25, 0.3) is 0 Å². The van der Waals surface area contributed by atoms with E-state index in [1.165, 1.54) is 0 Å². The van der Waals surface area contributed by atoms with Crippen molar-refractivity contribution in [3.05, 3.63) is 78.9 Å². The third-order valence-corrected chi connectivity index (χ3v) is 5.82. The van der Waals surface area contributed by atoms with Crippen molar-refractivity contribution < 1.29 is 38.1 Å². The van der Waals surface area contributed by atoms with Crippen LogP contribution in [0.4, 0.5) is 0 Å². The number of unbranched alkanes of at least 4 members (excludes halogenated alkanes) is 3. The van der Waals surface area contributed by atoms with Gasteiger partial charge in [-0.05, 0) is 87.1 Å². The van der Waals surface area contributed by atoms with Crippen LogP contribution in [-0.4, -0.2) is 43.8 Å². The van der Waals surface area contributed by atoms with Crippen molar-refractivity contribution in [1.82, 2.24) is 0 Å². The van der Waals surface area contributed by atoms with Gasteiger partial charge in [0.2, 0.25) is 0 Å². The molecule has 0 N–H and O–H groups in total. The van der Waals surface area contributed by atoms with Crippen LogP contribution >= 0.6 is 0 Å². The van der Waals surface area contributed by atoms with Gasteiger partial charge in [-0.25, -0.2) is 14.4 Å². The third kappa shape index (κ3) is 9.76. The first-order chi connectivity index (χ1) is 18.4. The van der Waals surface area contributed by atoms with Crippen LogP contribution in [0.2, 0.25) is 0 Å². The van der Waals surface area contributed by atoms with E-state index >= 15 is 0 Å². The molecular weight excluding hydrogens is 488 g/mol. The Morgan fingerprint density at radius 3 is 2.03 bits per heavy atom. The predicted molar refractivity (Wildman–Crippen MR) is 141 cm³/mol. The van der Waals surface area contributed by atoms with Crippen LogP contribution < -0.4 is 14.2 Å². The first kappa shape index (κ1) is 28.5. The van der Waals surface area contributed by atoms with Crippen molar-refractivity contribution in [3.8, 4) is 17.2 Å². The van der Waals surface area contributed by atoms with Gasteiger partial charge in [-0.2, -0.15) is 0 Å². The standard InChI is InChI=1S/C30H34O8/c1-3-28(31)36-20-8-7-19-35-25-14-16-26(17-15-25)37-30(33)23-10-12-24(13-11-23)34-18-6-4-5-9-27-21-22(2)29(32)38-27/h3,10-17,27H,1-2,4-9,18-21H2. The molecule has 2 aromatic rings. The number of hydrogen-bond donors (Lipinski definition) is 0. The molecule has 0 amide bonds. The number of hydrogen-bond acceptors (Lipinski definition) is 8. The fraction of sp³-hybridized carbons (Fsp3) is 0.367. The number of carbonyl (C=O) groups excluding carboxylic acids is 3. The minimum Gasteiger partial charge on any atom is -0.494 e. The number of carbonyl (C=O) groups is 3. The Balaban J connectivity index is 1.29. The first-order valence-corrected chi connectivity index (χ1v) is 12.8. The van der Waals surface area contributed by atoms with Crippen molar-refractivity contribution in [2.45, 2.75) is 51.0 Å².